The molecule has 0 radical (unpaired) electrons. The summed E-state index contributed by atoms with van der Waals surface area (Å²) in [6.45, 7) is 9.00. The second-order valence-corrected chi connectivity index (χ2v) is 1.65. The molecule has 20 heavy (non-hydrogen) atoms. The molecule has 0 saturated carbocycles. The van der Waals surface area contributed by atoms with Crippen molar-refractivity contribution in [1.29, 1.82) is 0 Å². The quantitative estimate of drug-likeness (QED) is 0.301. The summed E-state index contributed by atoms with van der Waals surface area (Å²) in [7, 11) is 0. The smallest absolute Gasteiger partial charge is 0.999 e. The molecule has 0 spiro atoms. The van der Waals surface area contributed by atoms with E-state index in [1.54, 1.807) is 18.6 Å². The molecule has 0 fully saturated rings. The molecule has 0 aliphatic heterocycles. The van der Waals surface area contributed by atoms with E-state index in [-0.39, 0.29) is 34.1 Å². The molecule has 0 aromatic heterocycles. The Hall–Kier alpha value is -0.0810. The number of rotatable bonds is 0. The summed E-state index contributed by atoms with van der Waals surface area (Å²) in [5, 5.41) is 0. The van der Waals surface area contributed by atoms with Crippen molar-refractivity contribution < 1.29 is 43.4 Å². The van der Waals surface area contributed by atoms with Crippen molar-refractivity contribution in [1.82, 2.24) is 0 Å². The van der Waals surface area contributed by atoms with E-state index >= 15 is 0 Å². The molecule has 0 N–H and O–H groups in total. The SMILES string of the molecule is C[S-].C[S-].[C-]#[O+].[C-]#[O+].[Fe+2].[Fe+2].[c-]1[c-][c-][cH-][c-]1.c1cc[cH-]c1. The van der Waals surface area contributed by atoms with Crippen molar-refractivity contribution in [2.24, 2.45) is 0 Å². The maximum Gasteiger partial charge on any atom is 2.00 e. The summed E-state index contributed by atoms with van der Waals surface area (Å²) < 4.78 is 15.0. The number of hydrogen-bond acceptors (Lipinski definition) is 2. The van der Waals surface area contributed by atoms with E-state index in [4.69, 9.17) is 9.30 Å². The second kappa shape index (κ2) is 61.7. The van der Waals surface area contributed by atoms with Gasteiger partial charge in [0.1, 0.15) is 0 Å². The average Bonchev–Trinajstić information content (AvgIpc) is 3.25. The third-order valence-electron chi connectivity index (χ3n) is 0.907. The summed E-state index contributed by atoms with van der Waals surface area (Å²) >= 11 is 8.17. The zero-order valence-corrected chi connectivity index (χ0v) is 14.6. The van der Waals surface area contributed by atoms with Crippen molar-refractivity contribution in [3.05, 3.63) is 74.0 Å². The van der Waals surface area contributed by atoms with E-state index < -0.39 is 0 Å². The van der Waals surface area contributed by atoms with E-state index in [2.05, 4.69) is 62.8 Å². The topological polar surface area (TPSA) is 39.8 Å². The Labute approximate surface area is 154 Å². The predicted octanol–water partition coefficient (Wildman–Crippen LogP) is 2.26. The molecule has 0 aliphatic rings. The summed E-state index contributed by atoms with van der Waals surface area (Å²) in [6, 6.07) is 22.0. The van der Waals surface area contributed by atoms with Gasteiger partial charge in [-0.05, 0) is 0 Å². The first-order valence-corrected chi connectivity index (χ1v) is 5.85. The van der Waals surface area contributed by atoms with E-state index in [1.807, 2.05) is 30.3 Å². The molecule has 0 unspecified atom stereocenters. The Morgan fingerprint density at radius 2 is 1.10 bits per heavy atom. The minimum atomic E-state index is 0. The molecule has 0 saturated heterocycles. The van der Waals surface area contributed by atoms with Gasteiger partial charge in [0, 0.05) is 0 Å². The van der Waals surface area contributed by atoms with Crippen LogP contribution in [-0.2, 0) is 68.7 Å². The molecule has 0 atom stereocenters. The molecule has 0 heterocycles. The summed E-state index contributed by atoms with van der Waals surface area (Å²) in [5.74, 6) is 0. The van der Waals surface area contributed by atoms with Gasteiger partial charge in [0.05, 0.1) is 0 Å². The van der Waals surface area contributed by atoms with Crippen LogP contribution in [0, 0.1) is 37.6 Å². The molecule has 112 valence electrons. The molecule has 2 rings (SSSR count). The van der Waals surface area contributed by atoms with Gasteiger partial charge in [-0.25, -0.2) is 12.1 Å². The summed E-state index contributed by atoms with van der Waals surface area (Å²) in [6.07, 6.45) is 3.17. The molecular formula is C14H12Fe2O2S2-4. The number of hydrogen-bond donors (Lipinski definition) is 0. The molecule has 2 aromatic rings. The molecular weight excluding hydrogens is 376 g/mol. The van der Waals surface area contributed by atoms with Gasteiger partial charge in [0.15, 0.2) is 0 Å². The fourth-order valence-electron chi connectivity index (χ4n) is 0.501. The van der Waals surface area contributed by atoms with Crippen LogP contribution in [0.1, 0.15) is 0 Å². The maximum absolute atomic E-state index is 7.50. The molecule has 0 aliphatic carbocycles. The van der Waals surface area contributed by atoms with Gasteiger partial charge in [-0.2, -0.15) is 30.7 Å². The van der Waals surface area contributed by atoms with Gasteiger partial charge in [-0.1, -0.05) is 0 Å². The third kappa shape index (κ3) is 52.1. The predicted molar refractivity (Wildman–Crippen MR) is 73.9 cm³/mol. The fraction of sp³-hybridized carbons (Fsp3) is 0.143. The van der Waals surface area contributed by atoms with Crippen LogP contribution in [0.25, 0.3) is 0 Å². The van der Waals surface area contributed by atoms with Gasteiger partial charge in [0.25, 0.3) is 0 Å². The van der Waals surface area contributed by atoms with Crippen molar-refractivity contribution >= 4 is 25.3 Å². The third-order valence-corrected chi connectivity index (χ3v) is 0.907. The second-order valence-electron chi connectivity index (χ2n) is 1.65. The van der Waals surface area contributed by atoms with Crippen LogP contribution in [0.3, 0.4) is 0 Å². The normalized spacial score (nSPS) is 4.80. The van der Waals surface area contributed by atoms with Gasteiger partial charge in [0.2, 0.25) is 0 Å². The first-order chi connectivity index (χ1) is 9.00. The van der Waals surface area contributed by atoms with Crippen molar-refractivity contribution in [3.8, 4) is 0 Å². The molecule has 2 nitrogen and oxygen atoms in total. The molecule has 6 heteroatoms. The Balaban J connectivity index is -0.0000000311. The Bertz CT molecular complexity index is 227. The zero-order chi connectivity index (χ0) is 15.1. The van der Waals surface area contributed by atoms with Crippen molar-refractivity contribution in [2.75, 3.05) is 12.5 Å². The van der Waals surface area contributed by atoms with Crippen LogP contribution >= 0.6 is 0 Å². The Morgan fingerprint density at radius 1 is 0.800 bits per heavy atom. The van der Waals surface area contributed by atoms with Crippen LogP contribution in [0.5, 0.6) is 0 Å². The first-order valence-electron chi connectivity index (χ1n) is 4.22. The summed E-state index contributed by atoms with van der Waals surface area (Å²) in [4.78, 5) is 0. The molecule has 2 aromatic carbocycles. The van der Waals surface area contributed by atoms with Crippen LogP contribution < -0.4 is 0 Å². The first kappa shape index (κ1) is 36.8. The Kier molecular flexibility index (Phi) is 114. The largest absolute Gasteiger partial charge is 2.00 e. The van der Waals surface area contributed by atoms with Crippen LogP contribution in [-0.4, -0.2) is 12.5 Å². The minimum absolute atomic E-state index is 0. The van der Waals surface area contributed by atoms with Gasteiger partial charge < -0.3 is 55.6 Å². The molecule has 0 bridgehead atoms. The Morgan fingerprint density at radius 3 is 1.20 bits per heavy atom. The minimum Gasteiger partial charge on any atom is -0.999 e. The van der Waals surface area contributed by atoms with Crippen LogP contribution in [0.4, 0.5) is 0 Å². The maximum atomic E-state index is 7.50. The van der Waals surface area contributed by atoms with Gasteiger partial charge in [-0.3, -0.25) is 0 Å². The van der Waals surface area contributed by atoms with E-state index in [0.29, 0.717) is 0 Å². The van der Waals surface area contributed by atoms with Gasteiger partial charge in [-0.15, -0.1) is 0 Å². The van der Waals surface area contributed by atoms with Gasteiger partial charge >= 0.3 is 56.7 Å². The van der Waals surface area contributed by atoms with E-state index in [1.165, 1.54) is 0 Å². The summed E-state index contributed by atoms with van der Waals surface area (Å²) in [5.41, 5.74) is 0. The molecule has 0 amide bonds. The fourth-order valence-corrected chi connectivity index (χ4v) is 0.501. The van der Waals surface area contributed by atoms with Crippen molar-refractivity contribution in [2.45, 2.75) is 0 Å². The van der Waals surface area contributed by atoms with Crippen LogP contribution in [0.2, 0.25) is 0 Å². The average molecular weight is 388 g/mol. The standard InChI is InChI=1S/C5H5.C5H.2CO.2CH4S.2Fe/c2*1-2-4-5-3-1;4*1-2;;/h1-5H;1H;;;2*2H,1H3;;/q-1;-5;;;;;2*+2/p-2. The van der Waals surface area contributed by atoms with Crippen LogP contribution in [0.15, 0.2) is 36.4 Å². The van der Waals surface area contributed by atoms with E-state index in [9.17, 15) is 0 Å². The van der Waals surface area contributed by atoms with E-state index in [0.717, 1.165) is 0 Å². The zero-order valence-electron chi connectivity index (χ0n) is 10.8. The monoisotopic (exact) mass is 388 g/mol. The van der Waals surface area contributed by atoms with Crippen molar-refractivity contribution in [3.63, 3.8) is 0 Å².